The summed E-state index contributed by atoms with van der Waals surface area (Å²) in [5, 5.41) is 8.76. The van der Waals surface area contributed by atoms with E-state index in [4.69, 9.17) is 5.21 Å². The van der Waals surface area contributed by atoms with Gasteiger partial charge in [-0.05, 0) is 16.7 Å². The Kier molecular flexibility index (Phi) is 4.90. The number of aromatic nitrogens is 2. The smallest absolute Gasteiger partial charge is 0.294 e. The Morgan fingerprint density at radius 3 is 2.57 bits per heavy atom. The first kappa shape index (κ1) is 17.9. The number of hydroxylamine groups is 1. The third kappa shape index (κ3) is 3.52. The molecule has 2 heterocycles. The molecule has 2 aromatic carbocycles. The van der Waals surface area contributed by atoms with E-state index in [1.165, 1.54) is 0 Å². The maximum Gasteiger partial charge on any atom is 0.294 e. The Bertz CT molecular complexity index is 1010. The normalized spacial score (nSPS) is 13.1. The Morgan fingerprint density at radius 1 is 1.04 bits per heavy atom. The summed E-state index contributed by atoms with van der Waals surface area (Å²) in [5.74, 6) is -0.00287. The van der Waals surface area contributed by atoms with Crippen LogP contribution in [0.15, 0.2) is 60.8 Å². The molecule has 1 aromatic heterocycles. The number of rotatable bonds is 4. The zero-order valence-electron chi connectivity index (χ0n) is 15.2. The second-order valence-electron chi connectivity index (χ2n) is 6.69. The van der Waals surface area contributed by atoms with Crippen LogP contribution in [0.4, 0.5) is 0 Å². The van der Waals surface area contributed by atoms with Crippen molar-refractivity contribution in [2.45, 2.75) is 19.5 Å². The lowest BCUT2D eigenvalue weighted by Gasteiger charge is -2.28. The summed E-state index contributed by atoms with van der Waals surface area (Å²) < 4.78 is 1.84. The van der Waals surface area contributed by atoms with Crippen LogP contribution in [-0.2, 0) is 24.3 Å². The Morgan fingerprint density at radius 2 is 1.79 bits per heavy atom. The van der Waals surface area contributed by atoms with Crippen LogP contribution in [-0.4, -0.2) is 38.0 Å². The van der Waals surface area contributed by atoms with Crippen molar-refractivity contribution in [3.8, 4) is 11.1 Å². The lowest BCUT2D eigenvalue weighted by atomic mass is 9.97. The van der Waals surface area contributed by atoms with Crippen LogP contribution in [0.2, 0.25) is 0 Å². The summed E-state index contributed by atoms with van der Waals surface area (Å²) >= 11 is 0. The molecule has 0 aliphatic carbocycles. The third-order valence-corrected chi connectivity index (χ3v) is 4.93. The van der Waals surface area contributed by atoms with E-state index in [0.29, 0.717) is 31.9 Å². The van der Waals surface area contributed by atoms with Gasteiger partial charge < -0.3 is 9.47 Å². The highest BCUT2D eigenvalue weighted by atomic mass is 16.5. The van der Waals surface area contributed by atoms with Crippen molar-refractivity contribution in [1.82, 2.24) is 19.9 Å². The van der Waals surface area contributed by atoms with Crippen molar-refractivity contribution in [1.29, 1.82) is 0 Å². The molecule has 1 aliphatic rings. The van der Waals surface area contributed by atoms with E-state index < -0.39 is 5.91 Å². The SMILES string of the molecule is O=C(NO)c1cn2c(n1)CN(C(=O)Cc1ccccc1-c1ccccc1)CC2. The van der Waals surface area contributed by atoms with Crippen molar-refractivity contribution in [2.24, 2.45) is 0 Å². The molecule has 0 spiro atoms. The van der Waals surface area contributed by atoms with Gasteiger partial charge in [0.15, 0.2) is 0 Å². The fourth-order valence-corrected chi connectivity index (χ4v) is 3.48. The van der Waals surface area contributed by atoms with Crippen molar-refractivity contribution in [3.05, 3.63) is 77.9 Å². The quantitative estimate of drug-likeness (QED) is 0.540. The number of imidazole rings is 1. The molecule has 0 saturated heterocycles. The Labute approximate surface area is 162 Å². The van der Waals surface area contributed by atoms with E-state index >= 15 is 0 Å². The van der Waals surface area contributed by atoms with Crippen LogP contribution >= 0.6 is 0 Å². The van der Waals surface area contributed by atoms with Gasteiger partial charge in [0.05, 0.1) is 13.0 Å². The maximum absolute atomic E-state index is 12.9. The van der Waals surface area contributed by atoms with Gasteiger partial charge in [-0.15, -0.1) is 0 Å². The minimum atomic E-state index is -0.656. The summed E-state index contributed by atoms with van der Waals surface area (Å²) in [6, 6.07) is 17.9. The second kappa shape index (κ2) is 7.66. The number of amides is 2. The molecule has 0 atom stereocenters. The summed E-state index contributed by atoms with van der Waals surface area (Å²) in [6.07, 6.45) is 1.89. The van der Waals surface area contributed by atoms with Crippen molar-refractivity contribution in [2.75, 3.05) is 6.54 Å². The average Bonchev–Trinajstić information content (AvgIpc) is 3.17. The molecule has 0 radical (unpaired) electrons. The van der Waals surface area contributed by atoms with E-state index in [0.717, 1.165) is 16.7 Å². The number of carbonyl (C=O) groups excluding carboxylic acids is 2. The summed E-state index contributed by atoms with van der Waals surface area (Å²) in [4.78, 5) is 30.4. The Hall–Kier alpha value is -3.45. The highest BCUT2D eigenvalue weighted by Gasteiger charge is 2.24. The summed E-state index contributed by atoms with van der Waals surface area (Å²) in [7, 11) is 0. The van der Waals surface area contributed by atoms with Gasteiger partial charge >= 0.3 is 0 Å². The van der Waals surface area contributed by atoms with Crippen molar-refractivity contribution in [3.63, 3.8) is 0 Å². The summed E-state index contributed by atoms with van der Waals surface area (Å²) in [6.45, 7) is 1.45. The molecule has 0 bridgehead atoms. The van der Waals surface area contributed by atoms with E-state index in [2.05, 4.69) is 4.98 Å². The maximum atomic E-state index is 12.9. The van der Waals surface area contributed by atoms with Gasteiger partial charge in [0.25, 0.3) is 5.91 Å². The number of fused-ring (bicyclic) bond motifs is 1. The first-order valence-corrected chi connectivity index (χ1v) is 9.07. The van der Waals surface area contributed by atoms with Crippen molar-refractivity contribution >= 4 is 11.8 Å². The summed E-state index contributed by atoms with van der Waals surface area (Å²) in [5.41, 5.74) is 4.84. The fourth-order valence-electron chi connectivity index (χ4n) is 3.48. The zero-order chi connectivity index (χ0) is 19.5. The number of benzene rings is 2. The van der Waals surface area contributed by atoms with Gasteiger partial charge in [-0.2, -0.15) is 0 Å². The molecule has 7 heteroatoms. The monoisotopic (exact) mass is 376 g/mol. The van der Waals surface area contributed by atoms with Gasteiger partial charge in [-0.1, -0.05) is 54.6 Å². The van der Waals surface area contributed by atoms with Gasteiger partial charge in [-0.3, -0.25) is 14.8 Å². The van der Waals surface area contributed by atoms with Gasteiger partial charge in [-0.25, -0.2) is 10.5 Å². The second-order valence-corrected chi connectivity index (χ2v) is 6.69. The zero-order valence-corrected chi connectivity index (χ0v) is 15.2. The third-order valence-electron chi connectivity index (χ3n) is 4.93. The lowest BCUT2D eigenvalue weighted by Crippen LogP contribution is -2.39. The highest BCUT2D eigenvalue weighted by Crippen LogP contribution is 2.24. The highest BCUT2D eigenvalue weighted by molar-refractivity contribution is 5.91. The molecule has 3 aromatic rings. The standard InChI is InChI=1S/C21H20N4O3/c26-20(12-16-8-4-5-9-17(16)15-6-2-1-3-7-15)25-11-10-24-13-18(21(27)23-28)22-19(24)14-25/h1-9,13,28H,10-12,14H2,(H,23,27). The largest absolute Gasteiger partial charge is 0.333 e. The molecule has 0 fully saturated rings. The van der Waals surface area contributed by atoms with Crippen LogP contribution in [0.5, 0.6) is 0 Å². The molecule has 0 unspecified atom stereocenters. The number of carbonyl (C=O) groups is 2. The predicted octanol–water partition coefficient (Wildman–Crippen LogP) is 2.25. The van der Waals surface area contributed by atoms with E-state index in [1.54, 1.807) is 16.6 Å². The average molecular weight is 376 g/mol. The molecule has 0 saturated carbocycles. The molecule has 2 amide bonds. The minimum Gasteiger partial charge on any atom is -0.333 e. The van der Waals surface area contributed by atoms with Crippen LogP contribution in [0, 0.1) is 0 Å². The van der Waals surface area contributed by atoms with E-state index in [9.17, 15) is 9.59 Å². The molecule has 28 heavy (non-hydrogen) atoms. The van der Waals surface area contributed by atoms with Crippen LogP contribution in [0.1, 0.15) is 21.9 Å². The molecule has 1 aliphatic heterocycles. The number of nitrogens with zero attached hydrogens (tertiary/aromatic N) is 3. The van der Waals surface area contributed by atoms with Crippen LogP contribution in [0.3, 0.4) is 0 Å². The Balaban J connectivity index is 1.51. The molecule has 7 nitrogen and oxygen atoms in total. The molecule has 2 N–H and O–H groups in total. The van der Waals surface area contributed by atoms with Gasteiger partial charge in [0.1, 0.15) is 11.5 Å². The lowest BCUT2D eigenvalue weighted by molar-refractivity contribution is -0.132. The topological polar surface area (TPSA) is 87.5 Å². The van der Waals surface area contributed by atoms with E-state index in [1.807, 2.05) is 59.2 Å². The van der Waals surface area contributed by atoms with Crippen LogP contribution in [0.25, 0.3) is 11.1 Å². The first-order valence-electron chi connectivity index (χ1n) is 9.07. The van der Waals surface area contributed by atoms with Gasteiger partial charge in [0, 0.05) is 19.3 Å². The molecular weight excluding hydrogens is 356 g/mol. The minimum absolute atomic E-state index is 0.0193. The predicted molar refractivity (Wildman–Crippen MR) is 102 cm³/mol. The number of hydrogen-bond donors (Lipinski definition) is 2. The fraction of sp³-hybridized carbons (Fsp3) is 0.190. The number of nitrogens with one attached hydrogen (secondary N) is 1. The number of hydrogen-bond acceptors (Lipinski definition) is 4. The molecule has 142 valence electrons. The van der Waals surface area contributed by atoms with Crippen LogP contribution < -0.4 is 5.48 Å². The van der Waals surface area contributed by atoms with Gasteiger partial charge in [0.2, 0.25) is 5.91 Å². The first-order chi connectivity index (χ1) is 13.7. The van der Waals surface area contributed by atoms with E-state index in [-0.39, 0.29) is 11.6 Å². The molecular formula is C21H20N4O3. The van der Waals surface area contributed by atoms with Crippen molar-refractivity contribution < 1.29 is 14.8 Å². The molecule has 4 rings (SSSR count).